The van der Waals surface area contributed by atoms with Crippen molar-refractivity contribution in [2.75, 3.05) is 0 Å². The largest absolute Gasteiger partial charge is 0.0996 e. The second-order valence-electron chi connectivity index (χ2n) is 11.8. The first kappa shape index (κ1) is 21.9. The van der Waals surface area contributed by atoms with Crippen LogP contribution in [0.3, 0.4) is 0 Å². The summed E-state index contributed by atoms with van der Waals surface area (Å²) in [5, 5.41) is 0. The molecule has 0 radical (unpaired) electrons. The molecule has 0 bridgehead atoms. The highest BCUT2D eigenvalue weighted by atomic mass is 14.5. The van der Waals surface area contributed by atoms with Gasteiger partial charge in [0, 0.05) is 0 Å². The number of unbranched alkanes of at least 4 members (excludes halogenated alkanes) is 1. The van der Waals surface area contributed by atoms with E-state index >= 15 is 0 Å². The fraction of sp³-hybridized carbons (Fsp3) is 0.786. The van der Waals surface area contributed by atoms with E-state index in [1.54, 1.807) is 11.1 Å². The van der Waals surface area contributed by atoms with Crippen LogP contribution in [-0.2, 0) is 0 Å². The molecule has 0 nitrogen and oxygen atoms in total. The Bertz CT molecular complexity index is 610. The van der Waals surface area contributed by atoms with Gasteiger partial charge < -0.3 is 0 Å². The first-order chi connectivity index (χ1) is 13.2. The van der Waals surface area contributed by atoms with E-state index < -0.39 is 0 Å². The monoisotopic (exact) mass is 382 g/mol. The maximum Gasteiger partial charge on any atom is -0.0143 e. The number of allylic oxidation sites excluding steroid dienone is 5. The third-order valence-electron chi connectivity index (χ3n) is 8.46. The number of rotatable bonds is 5. The van der Waals surface area contributed by atoms with Gasteiger partial charge in [-0.1, -0.05) is 82.9 Å². The van der Waals surface area contributed by atoms with E-state index in [9.17, 15) is 0 Å². The minimum absolute atomic E-state index is 0.499. The maximum atomic E-state index is 4.24. The van der Waals surface area contributed by atoms with E-state index in [0.717, 1.165) is 11.8 Å². The van der Waals surface area contributed by atoms with Crippen LogP contribution >= 0.6 is 0 Å². The Morgan fingerprint density at radius 2 is 1.86 bits per heavy atom. The maximum absolute atomic E-state index is 4.24. The van der Waals surface area contributed by atoms with Crippen molar-refractivity contribution in [3.63, 3.8) is 0 Å². The minimum Gasteiger partial charge on any atom is -0.0996 e. The summed E-state index contributed by atoms with van der Waals surface area (Å²) in [5.74, 6) is 2.51. The summed E-state index contributed by atoms with van der Waals surface area (Å²) in [6, 6.07) is 0. The van der Waals surface area contributed by atoms with Gasteiger partial charge in [-0.2, -0.15) is 0 Å². The Hall–Kier alpha value is -0.780. The van der Waals surface area contributed by atoms with Crippen LogP contribution in [0.5, 0.6) is 0 Å². The molecule has 0 heterocycles. The predicted molar refractivity (Wildman–Crippen MR) is 124 cm³/mol. The zero-order valence-corrected chi connectivity index (χ0v) is 19.6. The van der Waals surface area contributed by atoms with Crippen LogP contribution in [0, 0.1) is 28.6 Å². The average Bonchev–Trinajstić information content (AvgIpc) is 2.96. The van der Waals surface area contributed by atoms with Crippen LogP contribution < -0.4 is 0 Å². The highest BCUT2D eigenvalue weighted by Gasteiger charge is 2.48. The molecule has 0 saturated heterocycles. The standard InChI is InChI=1S/C28H46/c1-21-12-13-23(20-22(21)2)14-15-24-10-9-19-28(6)25(16-17-26(24)28)11-7-8-18-27(3,4)5/h14-15,22,25-26H,1,7-13,16-20H2,2-6H3/b23-14-,24-15+. The molecule has 4 unspecified atom stereocenters. The van der Waals surface area contributed by atoms with E-state index in [2.05, 4.69) is 53.3 Å². The lowest BCUT2D eigenvalue weighted by molar-refractivity contribution is 0.126. The fourth-order valence-electron chi connectivity index (χ4n) is 6.45. The first-order valence-electron chi connectivity index (χ1n) is 12.3. The highest BCUT2D eigenvalue weighted by Crippen LogP contribution is 2.58. The molecule has 0 heteroatoms. The van der Waals surface area contributed by atoms with Crippen LogP contribution in [0.15, 0.2) is 35.5 Å². The second kappa shape index (κ2) is 8.93. The summed E-state index contributed by atoms with van der Waals surface area (Å²) >= 11 is 0. The van der Waals surface area contributed by atoms with Crippen LogP contribution in [0.1, 0.15) is 112 Å². The van der Waals surface area contributed by atoms with Crippen molar-refractivity contribution in [2.24, 2.45) is 28.6 Å². The molecule has 3 rings (SSSR count). The summed E-state index contributed by atoms with van der Waals surface area (Å²) in [6.07, 6.45) is 21.6. The third kappa shape index (κ3) is 5.22. The van der Waals surface area contributed by atoms with Gasteiger partial charge in [0.15, 0.2) is 0 Å². The lowest BCUT2D eigenvalue weighted by Crippen LogP contribution is -2.33. The van der Waals surface area contributed by atoms with E-state index in [0.29, 0.717) is 16.7 Å². The van der Waals surface area contributed by atoms with Crippen molar-refractivity contribution in [2.45, 2.75) is 112 Å². The van der Waals surface area contributed by atoms with Gasteiger partial charge in [0.1, 0.15) is 0 Å². The van der Waals surface area contributed by atoms with E-state index in [1.165, 1.54) is 82.6 Å². The zero-order chi connectivity index (χ0) is 20.4. The average molecular weight is 383 g/mol. The molecule has 28 heavy (non-hydrogen) atoms. The Morgan fingerprint density at radius 1 is 1.07 bits per heavy atom. The Morgan fingerprint density at radius 3 is 2.57 bits per heavy atom. The molecule has 3 aliphatic carbocycles. The van der Waals surface area contributed by atoms with E-state index in [1.807, 2.05) is 0 Å². The molecule has 0 aromatic heterocycles. The highest BCUT2D eigenvalue weighted by molar-refractivity contribution is 5.27. The predicted octanol–water partition coefficient (Wildman–Crippen LogP) is 9.04. The smallest absolute Gasteiger partial charge is 0.0143 e. The van der Waals surface area contributed by atoms with Gasteiger partial charge >= 0.3 is 0 Å². The molecule has 0 spiro atoms. The van der Waals surface area contributed by atoms with Crippen LogP contribution in [-0.4, -0.2) is 0 Å². The number of hydrogen-bond donors (Lipinski definition) is 0. The normalized spacial score (nSPS) is 36.9. The van der Waals surface area contributed by atoms with Gasteiger partial charge in [0.05, 0.1) is 0 Å². The topological polar surface area (TPSA) is 0 Å². The van der Waals surface area contributed by atoms with Gasteiger partial charge in [0.25, 0.3) is 0 Å². The Balaban J connectivity index is 1.60. The van der Waals surface area contributed by atoms with Crippen molar-refractivity contribution < 1.29 is 0 Å². The summed E-state index contributed by atoms with van der Waals surface area (Å²) in [7, 11) is 0. The molecule has 0 aromatic rings. The lowest BCUT2D eigenvalue weighted by atomic mass is 9.62. The van der Waals surface area contributed by atoms with Crippen molar-refractivity contribution >= 4 is 0 Å². The van der Waals surface area contributed by atoms with Gasteiger partial charge in [0.2, 0.25) is 0 Å². The summed E-state index contributed by atoms with van der Waals surface area (Å²) in [5.41, 5.74) is 5.99. The van der Waals surface area contributed by atoms with Crippen LogP contribution in [0.4, 0.5) is 0 Å². The van der Waals surface area contributed by atoms with Gasteiger partial charge in [-0.15, -0.1) is 0 Å². The summed E-state index contributed by atoms with van der Waals surface area (Å²) in [4.78, 5) is 0. The SMILES string of the molecule is C=C1CC/C(=C/C=C2\CCCC3(C)C(CCCCC(C)(C)C)CCC23)CC1C. The van der Waals surface area contributed by atoms with E-state index in [-0.39, 0.29) is 0 Å². The molecule has 3 saturated carbocycles. The lowest BCUT2D eigenvalue weighted by Gasteiger charge is -2.42. The summed E-state index contributed by atoms with van der Waals surface area (Å²) in [6.45, 7) is 16.4. The summed E-state index contributed by atoms with van der Waals surface area (Å²) < 4.78 is 0. The van der Waals surface area contributed by atoms with Crippen LogP contribution in [0.2, 0.25) is 0 Å². The Labute approximate surface area is 176 Å². The second-order valence-corrected chi connectivity index (χ2v) is 11.8. The van der Waals surface area contributed by atoms with Gasteiger partial charge in [-0.05, 0) is 92.8 Å². The molecule has 4 atom stereocenters. The van der Waals surface area contributed by atoms with Crippen molar-refractivity contribution in [3.05, 3.63) is 35.5 Å². The molecule has 3 fully saturated rings. The molecular weight excluding hydrogens is 336 g/mol. The minimum atomic E-state index is 0.499. The van der Waals surface area contributed by atoms with Gasteiger partial charge in [-0.3, -0.25) is 0 Å². The molecule has 0 N–H and O–H groups in total. The molecule has 0 aliphatic heterocycles. The number of hydrogen-bond acceptors (Lipinski definition) is 0. The van der Waals surface area contributed by atoms with Crippen LogP contribution in [0.25, 0.3) is 0 Å². The van der Waals surface area contributed by atoms with Crippen molar-refractivity contribution in [1.82, 2.24) is 0 Å². The quantitative estimate of drug-likeness (QED) is 0.328. The Kier molecular flexibility index (Phi) is 6.99. The van der Waals surface area contributed by atoms with Crippen molar-refractivity contribution in [3.8, 4) is 0 Å². The zero-order valence-electron chi connectivity index (χ0n) is 19.6. The molecule has 3 aliphatic rings. The molecule has 158 valence electrons. The van der Waals surface area contributed by atoms with Crippen molar-refractivity contribution in [1.29, 1.82) is 0 Å². The fourth-order valence-corrected chi connectivity index (χ4v) is 6.45. The number of fused-ring (bicyclic) bond motifs is 1. The third-order valence-corrected chi connectivity index (χ3v) is 8.46. The van der Waals surface area contributed by atoms with Gasteiger partial charge in [-0.25, -0.2) is 0 Å². The molecule has 0 amide bonds. The first-order valence-corrected chi connectivity index (χ1v) is 12.3. The molecule has 0 aromatic carbocycles. The van der Waals surface area contributed by atoms with E-state index in [4.69, 9.17) is 0 Å². The molecular formula is C28H46.